The lowest BCUT2D eigenvalue weighted by atomic mass is 10.0. The number of nitrogens with zero attached hydrogens (tertiary/aromatic N) is 2. The molecule has 1 aliphatic rings. The van der Waals surface area contributed by atoms with Crippen LogP contribution in [0.5, 0.6) is 0 Å². The number of thiazole rings is 1. The molecule has 0 saturated heterocycles. The Kier molecular flexibility index (Phi) is 4.71. The van der Waals surface area contributed by atoms with Crippen LogP contribution < -0.4 is 5.32 Å². The van der Waals surface area contributed by atoms with Crippen LogP contribution in [-0.2, 0) is 22.9 Å². The molecule has 3 rings (SSSR count). The summed E-state index contributed by atoms with van der Waals surface area (Å²) >= 11 is 1.52. The van der Waals surface area contributed by atoms with Crippen molar-refractivity contribution in [2.45, 2.75) is 30.6 Å². The van der Waals surface area contributed by atoms with Crippen LogP contribution in [-0.4, -0.2) is 37.7 Å². The van der Waals surface area contributed by atoms with Crippen LogP contribution >= 0.6 is 11.3 Å². The number of hydrogen-bond acceptors (Lipinski definition) is 5. The van der Waals surface area contributed by atoms with Gasteiger partial charge in [-0.05, 0) is 49.9 Å². The second kappa shape index (κ2) is 6.62. The Balaban J connectivity index is 1.75. The number of carbonyl (C=O) groups is 1. The van der Waals surface area contributed by atoms with Crippen LogP contribution in [0.2, 0.25) is 0 Å². The number of rotatable bonds is 4. The van der Waals surface area contributed by atoms with E-state index in [4.69, 9.17) is 0 Å². The lowest BCUT2D eigenvalue weighted by Crippen LogP contribution is -2.22. The number of hydrogen-bond donors (Lipinski definition) is 1. The third-order valence-electron chi connectivity index (χ3n) is 3.96. The number of nitrogens with one attached hydrogen (secondary N) is 1. The van der Waals surface area contributed by atoms with E-state index in [1.54, 1.807) is 0 Å². The maximum absolute atomic E-state index is 12.3. The van der Waals surface area contributed by atoms with Crippen LogP contribution in [0.3, 0.4) is 0 Å². The number of fused-ring (bicyclic) bond motifs is 1. The minimum atomic E-state index is -3.49. The van der Waals surface area contributed by atoms with Gasteiger partial charge in [-0.25, -0.2) is 17.7 Å². The first kappa shape index (κ1) is 17.1. The molecule has 6 nitrogen and oxygen atoms in total. The molecule has 128 valence electrons. The number of sulfonamides is 1. The van der Waals surface area contributed by atoms with Gasteiger partial charge in [0.25, 0.3) is 5.91 Å². The Labute approximate surface area is 145 Å². The fourth-order valence-electron chi connectivity index (χ4n) is 2.56. The van der Waals surface area contributed by atoms with E-state index in [2.05, 4.69) is 10.3 Å². The number of aromatic nitrogens is 1. The quantitative estimate of drug-likeness (QED) is 0.903. The molecule has 0 bridgehead atoms. The molecule has 0 aliphatic heterocycles. The molecule has 0 unspecified atom stereocenters. The van der Waals surface area contributed by atoms with Crippen molar-refractivity contribution in [2.24, 2.45) is 0 Å². The molecule has 2 aromatic rings. The molecule has 1 N–H and O–H groups in total. The standard InChI is InChI=1S/C16H19N3O3S2/c1-19(2)24(21,22)12-9-7-11(8-10-12)15(20)18-16-17-13-5-3-4-6-14(13)23-16/h7-10H,3-6H2,1-2H3,(H,17,18,20). The summed E-state index contributed by atoms with van der Waals surface area (Å²) in [7, 11) is -0.544. The first-order valence-electron chi connectivity index (χ1n) is 7.70. The molecule has 1 heterocycles. The van der Waals surface area contributed by atoms with Gasteiger partial charge < -0.3 is 0 Å². The molecule has 1 aromatic heterocycles. The average Bonchev–Trinajstić information content (AvgIpc) is 2.97. The molecular weight excluding hydrogens is 346 g/mol. The van der Waals surface area contributed by atoms with Crippen molar-refractivity contribution in [3.05, 3.63) is 40.4 Å². The Bertz CT molecular complexity index is 832. The van der Waals surface area contributed by atoms with E-state index in [9.17, 15) is 13.2 Å². The van der Waals surface area contributed by atoms with Crippen LogP contribution in [0.4, 0.5) is 5.13 Å². The highest BCUT2D eigenvalue weighted by atomic mass is 32.2. The molecule has 0 saturated carbocycles. The van der Waals surface area contributed by atoms with Gasteiger partial charge in [0, 0.05) is 24.5 Å². The topological polar surface area (TPSA) is 79.4 Å². The van der Waals surface area contributed by atoms with Crippen molar-refractivity contribution in [3.63, 3.8) is 0 Å². The third-order valence-corrected chi connectivity index (χ3v) is 6.86. The van der Waals surface area contributed by atoms with E-state index >= 15 is 0 Å². The van der Waals surface area contributed by atoms with Gasteiger partial charge in [0.15, 0.2) is 5.13 Å². The van der Waals surface area contributed by atoms with Gasteiger partial charge >= 0.3 is 0 Å². The maximum atomic E-state index is 12.3. The highest BCUT2D eigenvalue weighted by Gasteiger charge is 2.19. The van der Waals surface area contributed by atoms with Gasteiger partial charge in [0.05, 0.1) is 10.6 Å². The largest absolute Gasteiger partial charge is 0.298 e. The second-order valence-corrected chi connectivity index (χ2v) is 9.10. The first-order chi connectivity index (χ1) is 11.4. The van der Waals surface area contributed by atoms with Gasteiger partial charge in [-0.3, -0.25) is 10.1 Å². The molecule has 0 atom stereocenters. The summed E-state index contributed by atoms with van der Waals surface area (Å²) in [4.78, 5) is 18.2. The van der Waals surface area contributed by atoms with Gasteiger partial charge in [0.2, 0.25) is 10.0 Å². The van der Waals surface area contributed by atoms with Crippen LogP contribution in [0.25, 0.3) is 0 Å². The predicted octanol–water partition coefficient (Wildman–Crippen LogP) is 2.52. The summed E-state index contributed by atoms with van der Waals surface area (Å²) in [5.74, 6) is -0.283. The zero-order chi connectivity index (χ0) is 17.3. The number of amides is 1. The van der Waals surface area contributed by atoms with Gasteiger partial charge in [0.1, 0.15) is 0 Å². The zero-order valence-corrected chi connectivity index (χ0v) is 15.2. The lowest BCUT2D eigenvalue weighted by Gasteiger charge is -2.11. The number of anilines is 1. The summed E-state index contributed by atoms with van der Waals surface area (Å²) < 4.78 is 25.2. The fraction of sp³-hybridized carbons (Fsp3) is 0.375. The van der Waals surface area contributed by atoms with Crippen molar-refractivity contribution in [1.82, 2.24) is 9.29 Å². The van der Waals surface area contributed by atoms with Crippen molar-refractivity contribution in [1.29, 1.82) is 0 Å². The summed E-state index contributed by atoms with van der Waals surface area (Å²) in [6, 6.07) is 5.91. The number of aryl methyl sites for hydroxylation is 2. The van der Waals surface area contributed by atoms with Crippen molar-refractivity contribution in [2.75, 3.05) is 19.4 Å². The van der Waals surface area contributed by atoms with Crippen LogP contribution in [0.15, 0.2) is 29.2 Å². The summed E-state index contributed by atoms with van der Waals surface area (Å²) in [6.45, 7) is 0. The van der Waals surface area contributed by atoms with E-state index in [1.807, 2.05) is 0 Å². The minimum Gasteiger partial charge on any atom is -0.298 e. The van der Waals surface area contributed by atoms with E-state index in [1.165, 1.54) is 61.0 Å². The maximum Gasteiger partial charge on any atom is 0.257 e. The third kappa shape index (κ3) is 3.35. The SMILES string of the molecule is CN(C)S(=O)(=O)c1ccc(C(=O)Nc2nc3c(s2)CCCC3)cc1. The van der Waals surface area contributed by atoms with E-state index < -0.39 is 10.0 Å². The highest BCUT2D eigenvalue weighted by molar-refractivity contribution is 7.89. The predicted molar refractivity (Wildman–Crippen MR) is 94.0 cm³/mol. The minimum absolute atomic E-state index is 0.161. The Morgan fingerprint density at radius 3 is 2.46 bits per heavy atom. The Hall–Kier alpha value is -1.77. The first-order valence-corrected chi connectivity index (χ1v) is 9.96. The van der Waals surface area contributed by atoms with Gasteiger partial charge in [-0.2, -0.15) is 0 Å². The second-order valence-electron chi connectivity index (χ2n) is 5.86. The van der Waals surface area contributed by atoms with Crippen molar-refractivity contribution < 1.29 is 13.2 Å². The van der Waals surface area contributed by atoms with Crippen LogP contribution in [0, 0.1) is 0 Å². The van der Waals surface area contributed by atoms with E-state index in [0.717, 1.165) is 29.3 Å². The van der Waals surface area contributed by atoms with Crippen molar-refractivity contribution in [3.8, 4) is 0 Å². The van der Waals surface area contributed by atoms with E-state index in [0.29, 0.717) is 10.7 Å². The monoisotopic (exact) mass is 365 g/mol. The molecule has 1 aliphatic carbocycles. The number of carbonyl (C=O) groups excluding carboxylic acids is 1. The van der Waals surface area contributed by atoms with Crippen molar-refractivity contribution >= 4 is 32.4 Å². The van der Waals surface area contributed by atoms with Gasteiger partial charge in [-0.15, -0.1) is 11.3 Å². The smallest absolute Gasteiger partial charge is 0.257 e. The summed E-state index contributed by atoms with van der Waals surface area (Å²) in [5, 5.41) is 3.41. The molecule has 0 fully saturated rings. The normalized spacial score (nSPS) is 14.5. The molecule has 1 aromatic carbocycles. The Morgan fingerprint density at radius 2 is 1.83 bits per heavy atom. The number of benzene rings is 1. The molecule has 24 heavy (non-hydrogen) atoms. The molecule has 0 radical (unpaired) electrons. The average molecular weight is 365 g/mol. The fourth-order valence-corrected chi connectivity index (χ4v) is 4.51. The van der Waals surface area contributed by atoms with E-state index in [-0.39, 0.29) is 10.8 Å². The summed E-state index contributed by atoms with van der Waals surface area (Å²) in [5.41, 5.74) is 1.50. The molecule has 1 amide bonds. The Morgan fingerprint density at radius 1 is 1.17 bits per heavy atom. The zero-order valence-electron chi connectivity index (χ0n) is 13.6. The molecule has 0 spiro atoms. The molecular formula is C16H19N3O3S2. The summed E-state index contributed by atoms with van der Waals surface area (Å²) in [6.07, 6.45) is 4.31. The highest BCUT2D eigenvalue weighted by Crippen LogP contribution is 2.29. The van der Waals surface area contributed by atoms with Crippen LogP contribution in [0.1, 0.15) is 33.8 Å². The molecule has 8 heteroatoms. The lowest BCUT2D eigenvalue weighted by molar-refractivity contribution is 0.102. The van der Waals surface area contributed by atoms with Gasteiger partial charge in [-0.1, -0.05) is 0 Å².